The molecule has 6 heteroatoms. The Kier molecular flexibility index (Phi) is 17.1. The third kappa shape index (κ3) is 16.0. The molecule has 136 valence electrons. The Labute approximate surface area is 143 Å². The number of hydrogen-bond donors (Lipinski definition) is 0. The van der Waals surface area contributed by atoms with Crippen LogP contribution in [0.2, 0.25) is 6.04 Å². The van der Waals surface area contributed by atoms with Crippen molar-refractivity contribution in [1.29, 1.82) is 0 Å². The first-order chi connectivity index (χ1) is 11.2. The lowest BCUT2D eigenvalue weighted by Gasteiger charge is -2.17. The standard InChI is InChI=1S/C17H34O5Si/c1-4-7-9-13-21-23(22-14-10-8-5-2)15-11-12-19-16-20-17(18)6-3/h6,23H,3-5,7-16H2,1-2H3. The van der Waals surface area contributed by atoms with E-state index in [1.807, 2.05) is 0 Å². The molecule has 0 saturated carbocycles. The smallest absolute Gasteiger partial charge is 0.332 e. The molecule has 0 heterocycles. The van der Waals surface area contributed by atoms with E-state index in [9.17, 15) is 4.79 Å². The second kappa shape index (κ2) is 17.7. The second-order valence-corrected chi connectivity index (χ2v) is 7.52. The lowest BCUT2D eigenvalue weighted by atomic mass is 10.3. The van der Waals surface area contributed by atoms with Gasteiger partial charge in [-0.15, -0.1) is 0 Å². The zero-order valence-corrected chi connectivity index (χ0v) is 16.0. The molecule has 0 aliphatic carbocycles. The summed E-state index contributed by atoms with van der Waals surface area (Å²) in [4.78, 5) is 10.8. The fourth-order valence-corrected chi connectivity index (χ4v) is 3.71. The first-order valence-corrected chi connectivity index (χ1v) is 10.6. The Morgan fingerprint density at radius 3 is 2.09 bits per heavy atom. The van der Waals surface area contributed by atoms with Crippen LogP contribution in [-0.4, -0.2) is 41.9 Å². The average molecular weight is 347 g/mol. The molecule has 0 amide bonds. The molecule has 0 fully saturated rings. The molecule has 23 heavy (non-hydrogen) atoms. The number of unbranched alkanes of at least 4 members (excludes halogenated alkanes) is 4. The minimum Gasteiger partial charge on any atom is -0.435 e. The summed E-state index contributed by atoms with van der Waals surface area (Å²) in [7, 11) is -1.60. The van der Waals surface area contributed by atoms with Crippen LogP contribution >= 0.6 is 0 Å². The van der Waals surface area contributed by atoms with Crippen LogP contribution in [0.25, 0.3) is 0 Å². The molecule has 0 atom stereocenters. The minimum atomic E-state index is -1.60. The lowest BCUT2D eigenvalue weighted by Crippen LogP contribution is -2.24. The molecule has 0 aromatic carbocycles. The fourth-order valence-electron chi connectivity index (χ4n) is 1.92. The summed E-state index contributed by atoms with van der Waals surface area (Å²) in [5.41, 5.74) is 0. The van der Waals surface area contributed by atoms with Crippen molar-refractivity contribution in [2.24, 2.45) is 0 Å². The highest BCUT2D eigenvalue weighted by Crippen LogP contribution is 2.06. The maximum Gasteiger partial charge on any atom is 0.332 e. The molecular weight excluding hydrogens is 312 g/mol. The summed E-state index contributed by atoms with van der Waals surface area (Å²) in [6, 6.07) is 0.924. The van der Waals surface area contributed by atoms with Crippen LogP contribution in [0.15, 0.2) is 12.7 Å². The van der Waals surface area contributed by atoms with Crippen molar-refractivity contribution in [3.05, 3.63) is 12.7 Å². The van der Waals surface area contributed by atoms with E-state index in [2.05, 4.69) is 20.4 Å². The van der Waals surface area contributed by atoms with E-state index in [0.29, 0.717) is 6.61 Å². The van der Waals surface area contributed by atoms with Crippen molar-refractivity contribution >= 4 is 15.3 Å². The van der Waals surface area contributed by atoms with Gasteiger partial charge in [0.15, 0.2) is 6.79 Å². The number of hydrogen-bond acceptors (Lipinski definition) is 5. The van der Waals surface area contributed by atoms with Crippen molar-refractivity contribution in [1.82, 2.24) is 0 Å². The number of carbonyl (C=O) groups is 1. The van der Waals surface area contributed by atoms with Crippen LogP contribution < -0.4 is 0 Å². The van der Waals surface area contributed by atoms with E-state index in [1.165, 1.54) is 25.7 Å². The molecule has 0 saturated heterocycles. The van der Waals surface area contributed by atoms with Gasteiger partial charge in [0.25, 0.3) is 0 Å². The van der Waals surface area contributed by atoms with E-state index >= 15 is 0 Å². The first-order valence-electron chi connectivity index (χ1n) is 8.84. The summed E-state index contributed by atoms with van der Waals surface area (Å²) in [5.74, 6) is -0.462. The lowest BCUT2D eigenvalue weighted by molar-refractivity contribution is -0.150. The van der Waals surface area contributed by atoms with Crippen LogP contribution in [0.3, 0.4) is 0 Å². The quantitative estimate of drug-likeness (QED) is 0.132. The number of rotatable bonds is 17. The van der Waals surface area contributed by atoms with Gasteiger partial charge in [0.1, 0.15) is 0 Å². The van der Waals surface area contributed by atoms with Gasteiger partial charge >= 0.3 is 15.3 Å². The van der Waals surface area contributed by atoms with Gasteiger partial charge in [-0.2, -0.15) is 0 Å². The molecule has 0 N–H and O–H groups in total. The fraction of sp³-hybridized carbons (Fsp3) is 0.824. The van der Waals surface area contributed by atoms with Crippen LogP contribution in [0, 0.1) is 0 Å². The summed E-state index contributed by atoms with van der Waals surface area (Å²) in [6.45, 7) is 9.83. The molecule has 0 aliphatic heterocycles. The predicted octanol–water partition coefficient (Wildman–Crippen LogP) is 3.71. The summed E-state index contributed by atoms with van der Waals surface area (Å²) in [6.07, 6.45) is 9.00. The van der Waals surface area contributed by atoms with Crippen molar-refractivity contribution in [2.75, 3.05) is 26.6 Å². The Hall–Kier alpha value is -0.693. The maximum absolute atomic E-state index is 10.8. The van der Waals surface area contributed by atoms with E-state index < -0.39 is 15.3 Å². The molecule has 0 rings (SSSR count). The molecular formula is C17H34O5Si. The Bertz CT molecular complexity index is 274. The van der Waals surface area contributed by atoms with Gasteiger partial charge in [-0.25, -0.2) is 4.79 Å². The normalized spacial score (nSPS) is 10.9. The van der Waals surface area contributed by atoms with E-state index in [4.69, 9.17) is 18.3 Å². The zero-order valence-electron chi connectivity index (χ0n) is 14.9. The van der Waals surface area contributed by atoms with Crippen molar-refractivity contribution < 1.29 is 23.1 Å². The van der Waals surface area contributed by atoms with Crippen LogP contribution in [0.4, 0.5) is 0 Å². The summed E-state index contributed by atoms with van der Waals surface area (Å²) in [5, 5.41) is 0. The van der Waals surface area contributed by atoms with Gasteiger partial charge in [-0.3, -0.25) is 0 Å². The van der Waals surface area contributed by atoms with Gasteiger partial charge < -0.3 is 18.3 Å². The Morgan fingerprint density at radius 2 is 1.57 bits per heavy atom. The van der Waals surface area contributed by atoms with Crippen LogP contribution in [0.5, 0.6) is 0 Å². The Balaban J connectivity index is 3.75. The molecule has 5 nitrogen and oxygen atoms in total. The van der Waals surface area contributed by atoms with Gasteiger partial charge in [0, 0.05) is 19.3 Å². The van der Waals surface area contributed by atoms with Crippen molar-refractivity contribution in [2.45, 2.75) is 64.8 Å². The van der Waals surface area contributed by atoms with E-state index in [0.717, 1.165) is 44.6 Å². The number of carbonyl (C=O) groups excluding carboxylic acids is 1. The number of esters is 1. The van der Waals surface area contributed by atoms with Gasteiger partial charge in [-0.05, 0) is 25.3 Å². The molecule has 0 unspecified atom stereocenters. The van der Waals surface area contributed by atoms with E-state index in [-0.39, 0.29) is 6.79 Å². The van der Waals surface area contributed by atoms with Crippen molar-refractivity contribution in [3.63, 3.8) is 0 Å². The third-order valence-electron chi connectivity index (χ3n) is 3.28. The van der Waals surface area contributed by atoms with Gasteiger partial charge in [-0.1, -0.05) is 46.1 Å². The van der Waals surface area contributed by atoms with E-state index in [1.54, 1.807) is 0 Å². The zero-order chi connectivity index (χ0) is 17.2. The highest BCUT2D eigenvalue weighted by Gasteiger charge is 2.13. The molecule has 0 bridgehead atoms. The largest absolute Gasteiger partial charge is 0.435 e. The summed E-state index contributed by atoms with van der Waals surface area (Å²) < 4.78 is 21.9. The maximum atomic E-state index is 10.8. The predicted molar refractivity (Wildman–Crippen MR) is 94.6 cm³/mol. The molecule has 0 aromatic heterocycles. The van der Waals surface area contributed by atoms with Crippen molar-refractivity contribution in [3.8, 4) is 0 Å². The highest BCUT2D eigenvalue weighted by atomic mass is 28.3. The molecule has 0 spiro atoms. The number of ether oxygens (including phenoxy) is 2. The Morgan fingerprint density at radius 1 is 0.957 bits per heavy atom. The summed E-state index contributed by atoms with van der Waals surface area (Å²) >= 11 is 0. The molecule has 0 aliphatic rings. The monoisotopic (exact) mass is 346 g/mol. The first kappa shape index (κ1) is 22.3. The topological polar surface area (TPSA) is 54.0 Å². The van der Waals surface area contributed by atoms with Gasteiger partial charge in [0.2, 0.25) is 0 Å². The molecule has 0 radical (unpaired) electrons. The third-order valence-corrected chi connectivity index (χ3v) is 5.38. The minimum absolute atomic E-state index is 0.0220. The van der Waals surface area contributed by atoms with Crippen LogP contribution in [-0.2, 0) is 23.1 Å². The van der Waals surface area contributed by atoms with Gasteiger partial charge in [0.05, 0.1) is 6.61 Å². The second-order valence-electron chi connectivity index (χ2n) is 5.42. The SMILES string of the molecule is C=CC(=O)OCOCCC[SiH](OCCCCC)OCCCCC. The molecule has 0 aromatic rings. The van der Waals surface area contributed by atoms with Crippen LogP contribution in [0.1, 0.15) is 58.8 Å². The highest BCUT2D eigenvalue weighted by molar-refractivity contribution is 6.44. The average Bonchev–Trinajstić information content (AvgIpc) is 2.57.